The van der Waals surface area contributed by atoms with Crippen molar-refractivity contribution in [1.29, 1.82) is 0 Å². The number of rotatable bonds is 17. The highest BCUT2D eigenvalue weighted by molar-refractivity contribution is 6.77. The molecule has 0 bridgehead atoms. The molecule has 0 radical (unpaired) electrons. The fraction of sp³-hybridized carbons (Fsp3) is 0.800. The summed E-state index contributed by atoms with van der Waals surface area (Å²) in [5.74, 6) is -1.48. The minimum Gasteiger partial charge on any atom is -0.462 e. The van der Waals surface area contributed by atoms with Crippen molar-refractivity contribution in [3.05, 3.63) is 48.0 Å². The topological polar surface area (TPSA) is 101 Å². The number of imide groups is 1. The van der Waals surface area contributed by atoms with Gasteiger partial charge in [0, 0.05) is 24.4 Å². The highest BCUT2D eigenvalue weighted by atomic mass is 28.4. The minimum atomic E-state index is -2.32. The lowest BCUT2D eigenvalue weighted by Gasteiger charge is -2.48. The maximum Gasteiger partial charge on any atom is 0.416 e. The van der Waals surface area contributed by atoms with E-state index in [1.54, 1.807) is 0 Å². The van der Waals surface area contributed by atoms with E-state index in [2.05, 4.69) is 122 Å². The van der Waals surface area contributed by atoms with Gasteiger partial charge in [-0.2, -0.15) is 0 Å². The summed E-state index contributed by atoms with van der Waals surface area (Å²) in [6.07, 6.45) is 9.79. The largest absolute Gasteiger partial charge is 0.462 e. The first-order chi connectivity index (χ1) is 31.5. The smallest absolute Gasteiger partial charge is 0.416 e. The Kier molecular flexibility index (Phi) is 19.5. The quantitative estimate of drug-likeness (QED) is 0.0864. The Morgan fingerprint density at radius 1 is 0.821 bits per heavy atom. The fourth-order valence-corrected chi connectivity index (χ4v) is 22.8. The molecule has 0 N–H and O–H groups in total. The maximum atomic E-state index is 15.8. The molecule has 11 atom stereocenters. The van der Waals surface area contributed by atoms with Gasteiger partial charge < -0.3 is 22.8 Å². The number of carbonyl (C=O) groups is 3. The Hall–Kier alpha value is -2.10. The molecule has 3 fully saturated rings. The van der Waals surface area contributed by atoms with Gasteiger partial charge in [-0.05, 0) is 133 Å². The van der Waals surface area contributed by atoms with Gasteiger partial charge in [0.05, 0.1) is 18.2 Å². The molecule has 67 heavy (non-hydrogen) atoms. The Bertz CT molecular complexity index is 1760. The molecule has 2 heterocycles. The van der Waals surface area contributed by atoms with Crippen LogP contribution in [0, 0.1) is 35.5 Å². The summed E-state index contributed by atoms with van der Waals surface area (Å²) in [5, 5.41) is 0.0334. The van der Waals surface area contributed by atoms with Crippen LogP contribution >= 0.6 is 0 Å². The van der Waals surface area contributed by atoms with Crippen LogP contribution in [0.1, 0.15) is 154 Å². The highest BCUT2D eigenvalue weighted by Gasteiger charge is 2.55. The lowest BCUT2D eigenvalue weighted by atomic mass is 9.65. The standard InChI is InChI=1S/C55H95NO8Si3/c1-17-45-27-24-28-49(64-67(37(5)6,38(7)8)39(9)10)40(11)50(63-66(18-2,19-3)20-4)33-43(34-51(57)61-45)47-30-29-42-32-46(62-65(15,16)55(12,13)14)35-48(42)52(47)53(58)56-44(36-60-54(56)59)31-41-25-22-21-23-26-41/h21-23,25-26,29-30,37-40,42-50,52H,17-20,24,27-28,31-36H2,1-16H3/t40-,42-,43+,44-,45-,46-,47+,48-,49+,50+,52-/m0/s1. The van der Waals surface area contributed by atoms with Crippen LogP contribution < -0.4 is 0 Å². The van der Waals surface area contributed by atoms with Crippen LogP contribution in [-0.2, 0) is 38.8 Å². The Morgan fingerprint density at radius 2 is 1.45 bits per heavy atom. The van der Waals surface area contributed by atoms with Crippen LogP contribution in [0.5, 0.6) is 0 Å². The second-order valence-electron chi connectivity index (χ2n) is 23.8. The zero-order valence-electron chi connectivity index (χ0n) is 45.0. The molecule has 9 nitrogen and oxygen atoms in total. The van der Waals surface area contributed by atoms with Gasteiger partial charge in [0.2, 0.25) is 14.2 Å². The van der Waals surface area contributed by atoms with E-state index in [9.17, 15) is 9.59 Å². The van der Waals surface area contributed by atoms with Crippen molar-refractivity contribution in [3.8, 4) is 0 Å². The number of hydrogen-bond donors (Lipinski definition) is 0. The first-order valence-corrected chi connectivity index (χ1v) is 34.5. The molecule has 0 unspecified atom stereocenters. The van der Waals surface area contributed by atoms with Crippen molar-refractivity contribution >= 4 is 42.9 Å². The van der Waals surface area contributed by atoms with Gasteiger partial charge in [0.1, 0.15) is 12.7 Å². The third-order valence-electron chi connectivity index (χ3n) is 18.0. The molecule has 12 heteroatoms. The SMILES string of the molecule is CC[C@H]1CCC[C@@H](O[Si](C(C)C)(C(C)C)C(C)C)[C@H](C)[C@H](O[Si](CC)(CC)CC)C[C@@H]([C@H]2C=C[C@H]3C[C@H](O[Si](C)(C)C(C)(C)C)C[C@@H]3[C@H]2C(=O)N2C(=O)OC[C@@H]2Cc2ccccc2)CC(=O)O1. The number of fused-ring (bicyclic) bond motifs is 1. The summed E-state index contributed by atoms with van der Waals surface area (Å²) in [7, 11) is -6.69. The average molecular weight is 983 g/mol. The average Bonchev–Trinajstić information content (AvgIpc) is 3.85. The monoisotopic (exact) mass is 982 g/mol. The van der Waals surface area contributed by atoms with Crippen LogP contribution in [0.25, 0.3) is 0 Å². The highest BCUT2D eigenvalue weighted by Crippen LogP contribution is 2.53. The molecule has 380 valence electrons. The molecule has 0 aromatic heterocycles. The van der Waals surface area contributed by atoms with Gasteiger partial charge in [-0.1, -0.05) is 139 Å². The lowest BCUT2D eigenvalue weighted by molar-refractivity contribution is -0.153. The van der Waals surface area contributed by atoms with Crippen LogP contribution in [0.3, 0.4) is 0 Å². The zero-order valence-corrected chi connectivity index (χ0v) is 48.0. The minimum absolute atomic E-state index is 0.00146. The number of nitrogens with zero attached hydrogens (tertiary/aromatic N) is 1. The van der Waals surface area contributed by atoms with Crippen LogP contribution in [0.4, 0.5) is 4.79 Å². The van der Waals surface area contributed by atoms with E-state index < -0.39 is 43.0 Å². The molecule has 4 aliphatic rings. The Balaban J connectivity index is 1.66. The lowest BCUT2D eigenvalue weighted by Crippen LogP contribution is -2.54. The summed E-state index contributed by atoms with van der Waals surface area (Å²) >= 11 is 0. The molecule has 5 rings (SSSR count). The first-order valence-electron chi connectivity index (χ1n) is 26.9. The molecule has 2 saturated heterocycles. The van der Waals surface area contributed by atoms with Gasteiger partial charge >= 0.3 is 12.1 Å². The molecule has 2 aliphatic carbocycles. The van der Waals surface area contributed by atoms with E-state index >= 15 is 4.79 Å². The number of cyclic esters (lactones) is 2. The molecule has 2 aliphatic heterocycles. The van der Waals surface area contributed by atoms with Gasteiger partial charge in [-0.25, -0.2) is 9.69 Å². The summed E-state index contributed by atoms with van der Waals surface area (Å²) in [6.45, 7) is 37.2. The van der Waals surface area contributed by atoms with E-state index in [1.807, 2.05) is 30.3 Å². The van der Waals surface area contributed by atoms with E-state index in [1.165, 1.54) is 4.90 Å². The number of ether oxygens (including phenoxy) is 2. The zero-order chi connectivity index (χ0) is 49.6. The van der Waals surface area contributed by atoms with Gasteiger partial charge in [0.15, 0.2) is 16.6 Å². The van der Waals surface area contributed by atoms with E-state index in [4.69, 9.17) is 22.8 Å². The number of allylic oxidation sites excluding steroid dienone is 2. The number of hydrogen-bond acceptors (Lipinski definition) is 8. The van der Waals surface area contributed by atoms with Crippen molar-refractivity contribution in [2.24, 2.45) is 35.5 Å². The predicted octanol–water partition coefficient (Wildman–Crippen LogP) is 14.3. The molecule has 2 amide bonds. The van der Waals surface area contributed by atoms with Crippen molar-refractivity contribution < 1.29 is 37.1 Å². The van der Waals surface area contributed by atoms with Crippen molar-refractivity contribution in [2.75, 3.05) is 6.61 Å². The second kappa shape index (κ2) is 23.4. The molecular formula is C55H95NO8Si3. The Labute approximate surface area is 411 Å². The van der Waals surface area contributed by atoms with Crippen molar-refractivity contribution in [3.63, 3.8) is 0 Å². The normalized spacial score (nSPS) is 30.6. The Morgan fingerprint density at radius 3 is 2.01 bits per heavy atom. The summed E-state index contributed by atoms with van der Waals surface area (Å²) in [4.78, 5) is 45.8. The molecule has 1 saturated carbocycles. The molecule has 1 aromatic rings. The fourth-order valence-electron chi connectivity index (χ4n) is 12.8. The third-order valence-corrected chi connectivity index (χ3v) is 33.3. The van der Waals surface area contributed by atoms with Crippen LogP contribution in [0.2, 0.25) is 52.9 Å². The van der Waals surface area contributed by atoms with Gasteiger partial charge in [-0.3, -0.25) is 9.59 Å². The summed E-state index contributed by atoms with van der Waals surface area (Å²) in [5.41, 5.74) is 2.34. The molecule has 0 spiro atoms. The number of carbonyl (C=O) groups excluding carboxylic acids is 3. The summed E-state index contributed by atoms with van der Waals surface area (Å²) in [6, 6.07) is 12.7. The van der Waals surface area contributed by atoms with Crippen LogP contribution in [-0.4, -0.2) is 84.9 Å². The predicted molar refractivity (Wildman–Crippen MR) is 280 cm³/mol. The van der Waals surface area contributed by atoms with E-state index in [0.717, 1.165) is 62.2 Å². The van der Waals surface area contributed by atoms with Crippen LogP contribution in [0.15, 0.2) is 42.5 Å². The van der Waals surface area contributed by atoms with E-state index in [0.29, 0.717) is 29.5 Å². The third kappa shape index (κ3) is 12.7. The second-order valence-corrected chi connectivity index (χ2v) is 38.7. The molecular weight excluding hydrogens is 887 g/mol. The molecule has 1 aromatic carbocycles. The number of benzene rings is 1. The summed E-state index contributed by atoms with van der Waals surface area (Å²) < 4.78 is 35.0. The number of amides is 2. The maximum absolute atomic E-state index is 15.8. The van der Waals surface area contributed by atoms with E-state index in [-0.39, 0.29) is 83.9 Å². The number of esters is 1. The van der Waals surface area contributed by atoms with Crippen molar-refractivity contribution in [2.45, 2.75) is 238 Å². The van der Waals surface area contributed by atoms with Gasteiger partial charge in [-0.15, -0.1) is 0 Å². The first kappa shape index (κ1) is 55.8. The van der Waals surface area contributed by atoms with Gasteiger partial charge in [0.25, 0.3) is 0 Å². The van der Waals surface area contributed by atoms with Crippen molar-refractivity contribution in [1.82, 2.24) is 4.90 Å².